The molecule has 1 aromatic rings. The number of benzene rings is 1. The summed E-state index contributed by atoms with van der Waals surface area (Å²) >= 11 is 0. The Labute approximate surface area is 76.7 Å². The van der Waals surface area contributed by atoms with Crippen LogP contribution in [0, 0.1) is 0 Å². The van der Waals surface area contributed by atoms with Crippen LogP contribution in [-0.4, -0.2) is 17.7 Å². The van der Waals surface area contributed by atoms with Crippen LogP contribution < -0.4 is 5.32 Å². The predicted molar refractivity (Wildman–Crippen MR) is 51.5 cm³/mol. The van der Waals surface area contributed by atoms with Crippen LogP contribution in [0.15, 0.2) is 36.4 Å². The van der Waals surface area contributed by atoms with E-state index >= 15 is 0 Å². The van der Waals surface area contributed by atoms with E-state index in [4.69, 9.17) is 5.11 Å². The zero-order valence-corrected chi connectivity index (χ0v) is 7.10. The van der Waals surface area contributed by atoms with Gasteiger partial charge in [0.2, 0.25) is 0 Å². The Bertz CT molecular complexity index is 293. The Balaban J connectivity index is 2.37. The fourth-order valence-electron chi connectivity index (χ4n) is 0.905. The summed E-state index contributed by atoms with van der Waals surface area (Å²) in [4.78, 5) is 10.1. The average molecular weight is 177 g/mol. The number of amides is 1. The maximum absolute atomic E-state index is 10.1. The van der Waals surface area contributed by atoms with Crippen LogP contribution in [0.2, 0.25) is 0 Å². The van der Waals surface area contributed by atoms with Crippen molar-refractivity contribution < 1.29 is 9.90 Å². The molecule has 0 unspecified atom stereocenters. The van der Waals surface area contributed by atoms with Crippen LogP contribution in [0.3, 0.4) is 0 Å². The zero-order valence-electron chi connectivity index (χ0n) is 7.10. The summed E-state index contributed by atoms with van der Waals surface area (Å²) in [7, 11) is 0. The molecular formula is C10H11NO2. The summed E-state index contributed by atoms with van der Waals surface area (Å²) in [5.74, 6) is 0. The molecule has 1 amide bonds. The largest absolute Gasteiger partial charge is 0.465 e. The van der Waals surface area contributed by atoms with Crippen molar-refractivity contribution in [2.75, 3.05) is 6.54 Å². The predicted octanol–water partition coefficient (Wildman–Crippen LogP) is 1.97. The minimum Gasteiger partial charge on any atom is -0.465 e. The molecular weight excluding hydrogens is 166 g/mol. The lowest BCUT2D eigenvalue weighted by atomic mass is 10.2. The van der Waals surface area contributed by atoms with E-state index in [1.54, 1.807) is 6.08 Å². The highest BCUT2D eigenvalue weighted by molar-refractivity contribution is 5.64. The first-order valence-electron chi connectivity index (χ1n) is 3.97. The Morgan fingerprint density at radius 3 is 2.69 bits per heavy atom. The van der Waals surface area contributed by atoms with Crippen LogP contribution in [0.5, 0.6) is 0 Å². The van der Waals surface area contributed by atoms with Crippen molar-refractivity contribution in [2.24, 2.45) is 0 Å². The molecule has 0 aliphatic rings. The second kappa shape index (κ2) is 4.98. The number of carbonyl (C=O) groups is 1. The summed E-state index contributed by atoms with van der Waals surface area (Å²) < 4.78 is 0. The lowest BCUT2D eigenvalue weighted by Gasteiger charge is -1.93. The standard InChI is InChI=1S/C10H11NO2/c12-10(13)11-8-4-7-9-5-2-1-3-6-9/h1-7,11H,8H2,(H,12,13). The number of hydrogen-bond acceptors (Lipinski definition) is 1. The van der Waals surface area contributed by atoms with Crippen LogP contribution in [0.1, 0.15) is 5.56 Å². The van der Waals surface area contributed by atoms with Gasteiger partial charge >= 0.3 is 6.09 Å². The molecule has 0 fully saturated rings. The van der Waals surface area contributed by atoms with E-state index in [0.717, 1.165) is 5.56 Å². The van der Waals surface area contributed by atoms with Gasteiger partial charge in [-0.25, -0.2) is 4.79 Å². The Kier molecular flexibility index (Phi) is 3.57. The van der Waals surface area contributed by atoms with E-state index in [1.807, 2.05) is 36.4 Å². The fourth-order valence-corrected chi connectivity index (χ4v) is 0.905. The second-order valence-corrected chi connectivity index (χ2v) is 2.50. The van der Waals surface area contributed by atoms with Crippen molar-refractivity contribution in [3.05, 3.63) is 42.0 Å². The third kappa shape index (κ3) is 3.96. The molecule has 0 bridgehead atoms. The molecule has 0 spiro atoms. The number of nitrogens with one attached hydrogen (secondary N) is 1. The van der Waals surface area contributed by atoms with E-state index in [9.17, 15) is 4.79 Å². The van der Waals surface area contributed by atoms with Gasteiger partial charge in [-0.3, -0.25) is 0 Å². The summed E-state index contributed by atoms with van der Waals surface area (Å²) in [5, 5.41) is 10.5. The number of carboxylic acid groups (broad SMARTS) is 1. The number of hydrogen-bond donors (Lipinski definition) is 2. The highest BCUT2D eigenvalue weighted by atomic mass is 16.4. The van der Waals surface area contributed by atoms with Gasteiger partial charge in [0.05, 0.1) is 0 Å². The smallest absolute Gasteiger partial charge is 0.404 e. The van der Waals surface area contributed by atoms with Gasteiger partial charge in [0.1, 0.15) is 0 Å². The van der Waals surface area contributed by atoms with E-state index < -0.39 is 6.09 Å². The van der Waals surface area contributed by atoms with Gasteiger partial charge in [0.25, 0.3) is 0 Å². The van der Waals surface area contributed by atoms with Crippen LogP contribution >= 0.6 is 0 Å². The Hall–Kier alpha value is -1.77. The first-order chi connectivity index (χ1) is 6.29. The van der Waals surface area contributed by atoms with Gasteiger partial charge in [-0.15, -0.1) is 0 Å². The minimum atomic E-state index is -1.00. The van der Waals surface area contributed by atoms with Gasteiger partial charge in [-0.1, -0.05) is 42.5 Å². The van der Waals surface area contributed by atoms with E-state index in [-0.39, 0.29) is 0 Å². The molecule has 0 aliphatic carbocycles. The van der Waals surface area contributed by atoms with Crippen molar-refractivity contribution in [2.45, 2.75) is 0 Å². The zero-order chi connectivity index (χ0) is 9.52. The van der Waals surface area contributed by atoms with Gasteiger partial charge in [0, 0.05) is 6.54 Å². The maximum atomic E-state index is 10.1. The fraction of sp³-hybridized carbons (Fsp3) is 0.100. The quantitative estimate of drug-likeness (QED) is 0.741. The highest BCUT2D eigenvalue weighted by Gasteiger charge is 1.87. The molecule has 0 saturated carbocycles. The van der Waals surface area contributed by atoms with Crippen molar-refractivity contribution in [3.63, 3.8) is 0 Å². The Morgan fingerprint density at radius 2 is 2.08 bits per heavy atom. The number of rotatable bonds is 3. The molecule has 0 atom stereocenters. The van der Waals surface area contributed by atoms with Crippen molar-refractivity contribution in [1.82, 2.24) is 5.32 Å². The lowest BCUT2D eigenvalue weighted by Crippen LogP contribution is -2.20. The van der Waals surface area contributed by atoms with Crippen LogP contribution in [0.4, 0.5) is 4.79 Å². The van der Waals surface area contributed by atoms with Crippen LogP contribution in [-0.2, 0) is 0 Å². The average Bonchev–Trinajstić information content (AvgIpc) is 2.14. The van der Waals surface area contributed by atoms with Crippen molar-refractivity contribution in [1.29, 1.82) is 0 Å². The first kappa shape index (κ1) is 9.32. The van der Waals surface area contributed by atoms with Gasteiger partial charge in [0.15, 0.2) is 0 Å². The van der Waals surface area contributed by atoms with Gasteiger partial charge in [-0.05, 0) is 5.56 Å². The molecule has 0 heterocycles. The molecule has 13 heavy (non-hydrogen) atoms. The molecule has 1 aromatic carbocycles. The van der Waals surface area contributed by atoms with E-state index in [0.29, 0.717) is 6.54 Å². The summed E-state index contributed by atoms with van der Waals surface area (Å²) in [6.45, 7) is 0.338. The molecule has 0 aromatic heterocycles. The van der Waals surface area contributed by atoms with Crippen molar-refractivity contribution >= 4 is 12.2 Å². The molecule has 2 N–H and O–H groups in total. The first-order valence-corrected chi connectivity index (χ1v) is 3.97. The summed E-state index contributed by atoms with van der Waals surface area (Å²) in [6, 6.07) is 9.72. The topological polar surface area (TPSA) is 49.3 Å². The lowest BCUT2D eigenvalue weighted by molar-refractivity contribution is 0.195. The van der Waals surface area contributed by atoms with E-state index in [1.165, 1.54) is 0 Å². The molecule has 0 radical (unpaired) electrons. The maximum Gasteiger partial charge on any atom is 0.404 e. The third-order valence-corrected chi connectivity index (χ3v) is 1.48. The Morgan fingerprint density at radius 1 is 1.38 bits per heavy atom. The van der Waals surface area contributed by atoms with Crippen molar-refractivity contribution in [3.8, 4) is 0 Å². The monoisotopic (exact) mass is 177 g/mol. The summed E-state index contributed by atoms with van der Waals surface area (Å²) in [5.41, 5.74) is 1.06. The second-order valence-electron chi connectivity index (χ2n) is 2.50. The van der Waals surface area contributed by atoms with Gasteiger partial charge < -0.3 is 10.4 Å². The summed E-state index contributed by atoms with van der Waals surface area (Å²) in [6.07, 6.45) is 2.64. The minimum absolute atomic E-state index is 0.338. The van der Waals surface area contributed by atoms with Gasteiger partial charge in [-0.2, -0.15) is 0 Å². The molecule has 0 saturated heterocycles. The normalized spacial score (nSPS) is 10.2. The molecule has 3 heteroatoms. The third-order valence-electron chi connectivity index (χ3n) is 1.48. The van der Waals surface area contributed by atoms with Crippen LogP contribution in [0.25, 0.3) is 6.08 Å². The molecule has 3 nitrogen and oxygen atoms in total. The molecule has 1 rings (SSSR count). The SMILES string of the molecule is O=C(O)NCC=Cc1ccccc1. The van der Waals surface area contributed by atoms with E-state index in [2.05, 4.69) is 5.32 Å². The molecule has 68 valence electrons. The molecule has 0 aliphatic heterocycles. The highest BCUT2D eigenvalue weighted by Crippen LogP contribution is 1.99.